The van der Waals surface area contributed by atoms with Crippen LogP contribution < -0.4 is 5.32 Å². The van der Waals surface area contributed by atoms with Crippen LogP contribution in [0.2, 0.25) is 0 Å². The van der Waals surface area contributed by atoms with Crippen LogP contribution in [0.3, 0.4) is 0 Å². The molecule has 33 heavy (non-hydrogen) atoms. The van der Waals surface area contributed by atoms with Crippen molar-refractivity contribution >= 4 is 16.8 Å². The fourth-order valence-corrected chi connectivity index (χ4v) is 4.87. The van der Waals surface area contributed by atoms with Crippen molar-refractivity contribution in [2.45, 2.75) is 64.0 Å². The molecule has 7 nitrogen and oxygen atoms in total. The van der Waals surface area contributed by atoms with Crippen molar-refractivity contribution in [3.8, 4) is 11.1 Å². The van der Waals surface area contributed by atoms with Gasteiger partial charge in [0.05, 0.1) is 17.4 Å². The SMILES string of the molecule is CCc1cc(-c2cnn(C)c2CN2CCC2)cc2c(C(=O)NC3CCC(F)(F)CC3)[nH]nc12. The van der Waals surface area contributed by atoms with Crippen LogP contribution in [-0.4, -0.2) is 55.8 Å². The Morgan fingerprint density at radius 2 is 2.03 bits per heavy atom. The van der Waals surface area contributed by atoms with Crippen LogP contribution >= 0.6 is 0 Å². The highest BCUT2D eigenvalue weighted by Gasteiger charge is 2.35. The lowest BCUT2D eigenvalue weighted by molar-refractivity contribution is -0.0399. The number of aromatic nitrogens is 4. The number of H-pyrrole nitrogens is 1. The van der Waals surface area contributed by atoms with E-state index < -0.39 is 5.92 Å². The van der Waals surface area contributed by atoms with Gasteiger partial charge in [-0.3, -0.25) is 19.5 Å². The Balaban J connectivity index is 1.46. The molecule has 0 unspecified atom stereocenters. The second-order valence-electron chi connectivity index (χ2n) is 9.35. The molecule has 1 saturated heterocycles. The van der Waals surface area contributed by atoms with Gasteiger partial charge < -0.3 is 5.32 Å². The average molecular weight is 457 g/mol. The summed E-state index contributed by atoms with van der Waals surface area (Å²) < 4.78 is 28.9. The number of rotatable bonds is 6. The van der Waals surface area contributed by atoms with E-state index in [0.717, 1.165) is 59.3 Å². The van der Waals surface area contributed by atoms with Crippen LogP contribution in [0, 0.1) is 0 Å². The molecule has 2 N–H and O–H groups in total. The van der Waals surface area contributed by atoms with E-state index >= 15 is 0 Å². The third kappa shape index (κ3) is 4.26. The molecule has 3 heterocycles. The number of aryl methyl sites for hydroxylation is 2. The molecule has 0 radical (unpaired) electrons. The number of amides is 1. The maximum absolute atomic E-state index is 13.5. The molecule has 0 atom stereocenters. The molecule has 0 spiro atoms. The van der Waals surface area contributed by atoms with Crippen molar-refractivity contribution in [2.75, 3.05) is 13.1 Å². The van der Waals surface area contributed by atoms with E-state index in [0.29, 0.717) is 5.69 Å². The minimum absolute atomic E-state index is 0.188. The van der Waals surface area contributed by atoms with Crippen molar-refractivity contribution in [1.82, 2.24) is 30.2 Å². The van der Waals surface area contributed by atoms with Crippen molar-refractivity contribution in [3.05, 3.63) is 35.3 Å². The molecule has 1 amide bonds. The lowest BCUT2D eigenvalue weighted by atomic mass is 9.92. The summed E-state index contributed by atoms with van der Waals surface area (Å²) in [5.74, 6) is -2.91. The minimum atomic E-state index is -2.62. The predicted molar refractivity (Wildman–Crippen MR) is 122 cm³/mol. The minimum Gasteiger partial charge on any atom is -0.348 e. The van der Waals surface area contributed by atoms with Gasteiger partial charge in [0.25, 0.3) is 5.91 Å². The van der Waals surface area contributed by atoms with Crippen molar-refractivity contribution in [3.63, 3.8) is 0 Å². The maximum atomic E-state index is 13.5. The normalized spacial score (nSPS) is 19.0. The molecular weight excluding hydrogens is 426 g/mol. The van der Waals surface area contributed by atoms with E-state index in [-0.39, 0.29) is 37.6 Å². The van der Waals surface area contributed by atoms with Crippen LogP contribution in [0.5, 0.6) is 0 Å². The van der Waals surface area contributed by atoms with Gasteiger partial charge in [-0.2, -0.15) is 10.2 Å². The largest absolute Gasteiger partial charge is 0.348 e. The van der Waals surface area contributed by atoms with E-state index in [9.17, 15) is 13.6 Å². The number of nitrogens with zero attached hydrogens (tertiary/aromatic N) is 4. The smallest absolute Gasteiger partial charge is 0.270 e. The Kier molecular flexibility index (Phi) is 5.68. The van der Waals surface area contributed by atoms with Crippen LogP contribution in [0.25, 0.3) is 22.0 Å². The fraction of sp³-hybridized carbons (Fsp3) is 0.542. The molecule has 3 aromatic rings. The summed E-state index contributed by atoms with van der Waals surface area (Å²) in [7, 11) is 1.96. The van der Waals surface area contributed by atoms with E-state index in [4.69, 9.17) is 0 Å². The fourth-order valence-electron chi connectivity index (χ4n) is 4.87. The molecule has 1 saturated carbocycles. The highest BCUT2D eigenvalue weighted by Crippen LogP contribution is 2.34. The van der Waals surface area contributed by atoms with Gasteiger partial charge in [0.2, 0.25) is 5.92 Å². The molecule has 1 aromatic carbocycles. The quantitative estimate of drug-likeness (QED) is 0.587. The molecule has 1 aliphatic heterocycles. The number of nitrogens with one attached hydrogen (secondary N) is 2. The number of aromatic amines is 1. The lowest BCUT2D eigenvalue weighted by Crippen LogP contribution is -2.40. The predicted octanol–water partition coefficient (Wildman–Crippen LogP) is 4.04. The third-order valence-electron chi connectivity index (χ3n) is 7.09. The maximum Gasteiger partial charge on any atom is 0.270 e. The number of alkyl halides is 2. The number of hydrogen-bond acceptors (Lipinski definition) is 4. The zero-order chi connectivity index (χ0) is 23.2. The molecule has 2 aromatic heterocycles. The van der Waals surface area contributed by atoms with E-state index in [1.165, 1.54) is 6.42 Å². The zero-order valence-electron chi connectivity index (χ0n) is 19.1. The van der Waals surface area contributed by atoms with Crippen LogP contribution in [0.15, 0.2) is 18.3 Å². The number of fused-ring (bicyclic) bond motifs is 1. The Morgan fingerprint density at radius 3 is 2.70 bits per heavy atom. The van der Waals surface area contributed by atoms with Crippen LogP contribution in [0.1, 0.15) is 60.8 Å². The summed E-state index contributed by atoms with van der Waals surface area (Å²) in [6.07, 6.45) is 4.08. The lowest BCUT2D eigenvalue weighted by Gasteiger charge is -2.30. The topological polar surface area (TPSA) is 78.8 Å². The van der Waals surface area contributed by atoms with Crippen LogP contribution in [0.4, 0.5) is 8.78 Å². The number of carbonyl (C=O) groups is 1. The van der Waals surface area contributed by atoms with E-state index in [2.05, 4.69) is 38.5 Å². The number of benzene rings is 1. The number of likely N-dealkylation sites (tertiary alicyclic amines) is 1. The Labute approximate surface area is 191 Å². The van der Waals surface area contributed by atoms with Gasteiger partial charge in [-0.05, 0) is 62.0 Å². The van der Waals surface area contributed by atoms with Gasteiger partial charge in [0.1, 0.15) is 5.69 Å². The average Bonchev–Trinajstić information content (AvgIpc) is 3.35. The molecule has 5 rings (SSSR count). The number of carbonyl (C=O) groups excluding carboxylic acids is 1. The van der Waals surface area contributed by atoms with Crippen molar-refractivity contribution in [2.24, 2.45) is 7.05 Å². The summed E-state index contributed by atoms with van der Waals surface area (Å²) in [4.78, 5) is 15.5. The summed E-state index contributed by atoms with van der Waals surface area (Å²) in [5, 5.41) is 15.5. The molecule has 0 bridgehead atoms. The van der Waals surface area contributed by atoms with Gasteiger partial charge in [0, 0.05) is 43.4 Å². The van der Waals surface area contributed by atoms with Crippen molar-refractivity contribution < 1.29 is 13.6 Å². The first-order valence-electron chi connectivity index (χ1n) is 11.8. The van der Waals surface area contributed by atoms with Gasteiger partial charge in [-0.15, -0.1) is 0 Å². The second-order valence-corrected chi connectivity index (χ2v) is 9.35. The molecule has 176 valence electrons. The van der Waals surface area contributed by atoms with Gasteiger partial charge in [-0.25, -0.2) is 8.78 Å². The summed E-state index contributed by atoms with van der Waals surface area (Å²) >= 11 is 0. The summed E-state index contributed by atoms with van der Waals surface area (Å²) in [6, 6.07) is 3.88. The first kappa shape index (κ1) is 22.0. The van der Waals surface area contributed by atoms with Gasteiger partial charge >= 0.3 is 0 Å². The Hall–Kier alpha value is -2.81. The first-order chi connectivity index (χ1) is 15.8. The van der Waals surface area contributed by atoms with Crippen molar-refractivity contribution in [1.29, 1.82) is 0 Å². The number of hydrogen-bond donors (Lipinski definition) is 2. The molecule has 2 aliphatic rings. The second kappa shape index (κ2) is 8.52. The molecule has 1 aliphatic carbocycles. The summed E-state index contributed by atoms with van der Waals surface area (Å²) in [6.45, 7) is 5.11. The number of halogens is 2. The van der Waals surface area contributed by atoms with Gasteiger partial charge in [-0.1, -0.05) is 6.92 Å². The van der Waals surface area contributed by atoms with Gasteiger partial charge in [0.15, 0.2) is 0 Å². The van der Waals surface area contributed by atoms with Crippen LogP contribution in [-0.2, 0) is 20.0 Å². The third-order valence-corrected chi connectivity index (χ3v) is 7.09. The standard InChI is InChI=1S/C24H30F2N6O/c1-3-15-11-16(19-13-27-31(2)20(19)14-32-9-4-10-32)12-18-21(15)29-30-22(18)23(33)28-17-5-7-24(25,26)8-6-17/h11-13,17H,3-10,14H2,1-2H3,(H,28,33)(H,29,30). The Bertz CT molecular complexity index is 1170. The van der Waals surface area contributed by atoms with E-state index in [1.54, 1.807) is 0 Å². The van der Waals surface area contributed by atoms with E-state index in [1.807, 2.05) is 24.0 Å². The Morgan fingerprint density at radius 1 is 1.27 bits per heavy atom. The first-order valence-corrected chi connectivity index (χ1v) is 11.8. The monoisotopic (exact) mass is 456 g/mol. The highest BCUT2D eigenvalue weighted by molar-refractivity contribution is 6.06. The molecule has 9 heteroatoms. The molecular formula is C24H30F2N6O. The molecule has 2 fully saturated rings. The zero-order valence-corrected chi connectivity index (χ0v) is 19.1. The summed E-state index contributed by atoms with van der Waals surface area (Å²) in [5.41, 5.74) is 5.42. The highest BCUT2D eigenvalue weighted by atomic mass is 19.3.